The van der Waals surface area contributed by atoms with Crippen LogP contribution in [0.5, 0.6) is 0 Å². The average Bonchev–Trinajstić information content (AvgIpc) is 2.15. The molecule has 0 bridgehead atoms. The maximum atomic E-state index is 10.2. The molecule has 1 aliphatic heterocycles. The highest BCUT2D eigenvalue weighted by molar-refractivity contribution is 7.96. The van der Waals surface area contributed by atoms with Crippen molar-refractivity contribution in [2.45, 2.75) is 12.5 Å². The molecule has 0 N–H and O–H groups in total. The third-order valence-corrected chi connectivity index (χ3v) is 1.26. The maximum Gasteiger partial charge on any atom is 0.364 e. The molecule has 0 saturated carbocycles. The van der Waals surface area contributed by atoms with Crippen molar-refractivity contribution in [3.63, 3.8) is 0 Å². The number of ether oxygens (including phenoxy) is 2. The molecule has 0 aliphatic carbocycles. The molecule has 1 atom stereocenters. The summed E-state index contributed by atoms with van der Waals surface area (Å²) in [4.78, 5) is 10.2. The van der Waals surface area contributed by atoms with E-state index in [1.807, 2.05) is 0 Å². The smallest absolute Gasteiger partial charge is 0.364 e. The van der Waals surface area contributed by atoms with Gasteiger partial charge in [0.2, 0.25) is 0 Å². The molecule has 0 amide bonds. The van der Waals surface area contributed by atoms with Crippen LogP contribution in [0.25, 0.3) is 0 Å². The Morgan fingerprint density at radius 2 is 2.56 bits per heavy atom. The molecule has 1 aliphatic rings. The van der Waals surface area contributed by atoms with Crippen LogP contribution in [0.15, 0.2) is 0 Å². The van der Waals surface area contributed by atoms with Gasteiger partial charge in [0, 0.05) is 6.42 Å². The van der Waals surface area contributed by atoms with Gasteiger partial charge in [-0.15, -0.1) is 0 Å². The van der Waals surface area contributed by atoms with Crippen LogP contribution in [0.4, 0.5) is 4.79 Å². The van der Waals surface area contributed by atoms with Gasteiger partial charge in [0.15, 0.2) is 0 Å². The Kier molecular flexibility index (Phi) is 2.36. The van der Waals surface area contributed by atoms with Crippen LogP contribution in [0.1, 0.15) is 6.42 Å². The Morgan fingerprint density at radius 3 is 3.00 bits per heavy atom. The van der Waals surface area contributed by atoms with E-state index in [0.717, 1.165) is 6.42 Å². The summed E-state index contributed by atoms with van der Waals surface area (Å²) < 4.78 is 9.66. The highest BCUT2D eigenvalue weighted by Crippen LogP contribution is 2.08. The lowest BCUT2D eigenvalue weighted by molar-refractivity contribution is 0.102. The van der Waals surface area contributed by atoms with Crippen molar-refractivity contribution in [1.82, 2.24) is 0 Å². The molecule has 1 heterocycles. The summed E-state index contributed by atoms with van der Waals surface area (Å²) in [7, 11) is 0. The Hall–Kier alpha value is -0.220. The quantitative estimate of drug-likeness (QED) is 0.442. The van der Waals surface area contributed by atoms with Crippen LogP contribution in [0, 0.1) is 0 Å². The summed E-state index contributed by atoms with van der Waals surface area (Å²) in [5, 5.41) is -0.523. The van der Waals surface area contributed by atoms with Gasteiger partial charge >= 0.3 is 5.30 Å². The van der Waals surface area contributed by atoms with Crippen molar-refractivity contribution >= 4 is 17.9 Å². The van der Waals surface area contributed by atoms with E-state index in [2.05, 4.69) is 12.6 Å². The van der Waals surface area contributed by atoms with Crippen molar-refractivity contribution in [3.05, 3.63) is 0 Å². The third-order valence-electron chi connectivity index (χ3n) is 1.16. The standard InChI is InChI=1S/C5H8O3S/c6-5(9)8-4-1-2-7-3-4/h4H,1-3H2,(H,6,9)/t4-/m1/s1. The minimum absolute atomic E-state index is 0.0602. The molecule has 52 valence electrons. The van der Waals surface area contributed by atoms with Crippen LogP contribution < -0.4 is 0 Å². The van der Waals surface area contributed by atoms with E-state index in [0.29, 0.717) is 13.2 Å². The number of hydrogen-bond acceptors (Lipinski definition) is 3. The number of thiol groups is 1. The summed E-state index contributed by atoms with van der Waals surface area (Å²) in [5.74, 6) is 0. The molecule has 1 saturated heterocycles. The van der Waals surface area contributed by atoms with Crippen LogP contribution in [0.2, 0.25) is 0 Å². The van der Waals surface area contributed by atoms with Crippen LogP contribution in [-0.4, -0.2) is 24.6 Å². The second-order valence-corrected chi connectivity index (χ2v) is 2.23. The second-order valence-electron chi connectivity index (χ2n) is 1.87. The van der Waals surface area contributed by atoms with Crippen molar-refractivity contribution in [2.24, 2.45) is 0 Å². The fraction of sp³-hybridized carbons (Fsp3) is 0.800. The Labute approximate surface area is 58.7 Å². The van der Waals surface area contributed by atoms with Crippen molar-refractivity contribution in [2.75, 3.05) is 13.2 Å². The monoisotopic (exact) mass is 148 g/mol. The van der Waals surface area contributed by atoms with Crippen molar-refractivity contribution in [3.8, 4) is 0 Å². The highest BCUT2D eigenvalue weighted by atomic mass is 32.1. The lowest BCUT2D eigenvalue weighted by atomic mass is 10.3. The lowest BCUT2D eigenvalue weighted by Gasteiger charge is -2.04. The summed E-state index contributed by atoms with van der Waals surface area (Å²) in [6.07, 6.45) is 0.738. The number of carbonyl (C=O) groups excluding carboxylic acids is 1. The van der Waals surface area contributed by atoms with E-state index in [1.165, 1.54) is 0 Å². The van der Waals surface area contributed by atoms with Crippen LogP contribution in [-0.2, 0) is 9.47 Å². The topological polar surface area (TPSA) is 35.5 Å². The van der Waals surface area contributed by atoms with Crippen LogP contribution in [0.3, 0.4) is 0 Å². The first-order valence-electron chi connectivity index (χ1n) is 2.76. The zero-order chi connectivity index (χ0) is 6.69. The van der Waals surface area contributed by atoms with Gasteiger partial charge in [-0.2, -0.15) is 0 Å². The summed E-state index contributed by atoms with van der Waals surface area (Å²) in [5.41, 5.74) is 0. The molecular weight excluding hydrogens is 140 g/mol. The maximum absolute atomic E-state index is 10.2. The van der Waals surface area contributed by atoms with Gasteiger partial charge in [0.05, 0.1) is 13.2 Å². The molecule has 0 aromatic carbocycles. The van der Waals surface area contributed by atoms with Crippen LogP contribution >= 0.6 is 12.6 Å². The zero-order valence-corrected chi connectivity index (χ0v) is 5.77. The number of carbonyl (C=O) groups is 1. The fourth-order valence-corrected chi connectivity index (χ4v) is 0.897. The van der Waals surface area contributed by atoms with E-state index in [9.17, 15) is 4.79 Å². The van der Waals surface area contributed by atoms with Gasteiger partial charge in [0.25, 0.3) is 0 Å². The average molecular weight is 148 g/mol. The van der Waals surface area contributed by atoms with Gasteiger partial charge in [0.1, 0.15) is 6.10 Å². The molecule has 0 spiro atoms. The number of hydrogen-bond donors (Lipinski definition) is 1. The first kappa shape index (κ1) is 6.89. The molecule has 0 unspecified atom stereocenters. The van der Waals surface area contributed by atoms with Gasteiger partial charge in [-0.1, -0.05) is 12.6 Å². The first-order chi connectivity index (χ1) is 4.29. The van der Waals surface area contributed by atoms with Gasteiger partial charge in [-0.3, -0.25) is 0 Å². The number of rotatable bonds is 1. The molecule has 0 radical (unpaired) electrons. The van der Waals surface area contributed by atoms with Crippen molar-refractivity contribution in [1.29, 1.82) is 0 Å². The highest BCUT2D eigenvalue weighted by Gasteiger charge is 2.17. The Balaban J connectivity index is 2.19. The molecule has 1 rings (SSSR count). The van der Waals surface area contributed by atoms with Crippen molar-refractivity contribution < 1.29 is 14.3 Å². The normalized spacial score (nSPS) is 26.1. The Morgan fingerprint density at radius 1 is 1.78 bits per heavy atom. The van der Waals surface area contributed by atoms with Gasteiger partial charge in [-0.25, -0.2) is 4.79 Å². The minimum Gasteiger partial charge on any atom is -0.452 e. The molecule has 0 aromatic heterocycles. The van der Waals surface area contributed by atoms with E-state index in [4.69, 9.17) is 9.47 Å². The first-order valence-corrected chi connectivity index (χ1v) is 3.21. The third kappa shape index (κ3) is 2.24. The van der Waals surface area contributed by atoms with E-state index < -0.39 is 5.30 Å². The lowest BCUT2D eigenvalue weighted by Crippen LogP contribution is -2.13. The van der Waals surface area contributed by atoms with Gasteiger partial charge in [-0.05, 0) is 0 Å². The molecule has 9 heavy (non-hydrogen) atoms. The zero-order valence-electron chi connectivity index (χ0n) is 4.87. The minimum atomic E-state index is -0.523. The predicted octanol–water partition coefficient (Wildman–Crippen LogP) is 0.842. The van der Waals surface area contributed by atoms with E-state index >= 15 is 0 Å². The fourth-order valence-electron chi connectivity index (χ4n) is 0.748. The SMILES string of the molecule is O=C(S)O[C@@H]1CCOC1. The molecule has 1 fully saturated rings. The van der Waals surface area contributed by atoms with E-state index in [1.54, 1.807) is 0 Å². The largest absolute Gasteiger partial charge is 0.452 e. The molecule has 4 heteroatoms. The summed E-state index contributed by atoms with van der Waals surface area (Å²) in [6, 6.07) is 0. The molecule has 0 aromatic rings. The Bertz CT molecular complexity index is 109. The molecule has 3 nitrogen and oxygen atoms in total. The summed E-state index contributed by atoms with van der Waals surface area (Å²) in [6.45, 7) is 1.21. The second kappa shape index (κ2) is 3.08. The predicted molar refractivity (Wildman–Crippen MR) is 34.7 cm³/mol. The molecular formula is C5H8O3S. The summed E-state index contributed by atoms with van der Waals surface area (Å²) >= 11 is 3.46. The van der Waals surface area contributed by atoms with E-state index in [-0.39, 0.29) is 6.10 Å². The van der Waals surface area contributed by atoms with Gasteiger partial charge < -0.3 is 9.47 Å².